The van der Waals surface area contributed by atoms with Crippen molar-refractivity contribution in [1.29, 1.82) is 0 Å². The fraction of sp³-hybridized carbons (Fsp3) is 0.474. The maximum atomic E-state index is 9.17. The van der Waals surface area contributed by atoms with E-state index in [1.165, 1.54) is 5.57 Å². The van der Waals surface area contributed by atoms with Crippen LogP contribution in [0.2, 0.25) is 0 Å². The SMILES string of the molecule is CCOc1cc2c(cc1/C(C)=C/CO)C(CC)=CC(C)(C)O2. The summed E-state index contributed by atoms with van der Waals surface area (Å²) < 4.78 is 11.9. The number of aliphatic hydroxyl groups is 1. The lowest BCUT2D eigenvalue weighted by atomic mass is 9.90. The van der Waals surface area contributed by atoms with Gasteiger partial charge in [0.2, 0.25) is 0 Å². The minimum Gasteiger partial charge on any atom is -0.493 e. The zero-order valence-electron chi connectivity index (χ0n) is 14.2. The summed E-state index contributed by atoms with van der Waals surface area (Å²) in [6.07, 6.45) is 4.94. The summed E-state index contributed by atoms with van der Waals surface area (Å²) in [5.41, 5.74) is 4.11. The molecule has 1 N–H and O–H groups in total. The third kappa shape index (κ3) is 3.36. The Morgan fingerprint density at radius 1 is 1.32 bits per heavy atom. The van der Waals surface area contributed by atoms with Gasteiger partial charge in [-0.1, -0.05) is 13.0 Å². The Morgan fingerprint density at radius 3 is 2.64 bits per heavy atom. The summed E-state index contributed by atoms with van der Waals surface area (Å²) in [7, 11) is 0. The highest BCUT2D eigenvalue weighted by atomic mass is 16.5. The Balaban J connectivity index is 2.61. The van der Waals surface area contributed by atoms with Crippen LogP contribution in [-0.4, -0.2) is 23.9 Å². The fourth-order valence-electron chi connectivity index (χ4n) is 2.83. The van der Waals surface area contributed by atoms with E-state index < -0.39 is 0 Å². The van der Waals surface area contributed by atoms with Gasteiger partial charge in [-0.2, -0.15) is 0 Å². The second-order valence-corrected chi connectivity index (χ2v) is 6.08. The number of rotatable bonds is 5. The van der Waals surface area contributed by atoms with E-state index in [0.717, 1.165) is 34.6 Å². The van der Waals surface area contributed by atoms with E-state index >= 15 is 0 Å². The van der Waals surface area contributed by atoms with Crippen LogP contribution in [0.3, 0.4) is 0 Å². The molecule has 1 aliphatic rings. The summed E-state index contributed by atoms with van der Waals surface area (Å²) in [5, 5.41) is 9.17. The number of hydrogen-bond acceptors (Lipinski definition) is 3. The van der Waals surface area contributed by atoms with E-state index in [9.17, 15) is 5.11 Å². The highest BCUT2D eigenvalue weighted by molar-refractivity contribution is 5.80. The van der Waals surface area contributed by atoms with Crippen molar-refractivity contribution in [3.8, 4) is 11.5 Å². The van der Waals surface area contributed by atoms with Crippen LogP contribution in [0.4, 0.5) is 0 Å². The monoisotopic (exact) mass is 302 g/mol. The van der Waals surface area contributed by atoms with Crippen LogP contribution in [0.25, 0.3) is 11.1 Å². The van der Waals surface area contributed by atoms with Gasteiger partial charge in [0.05, 0.1) is 13.2 Å². The molecule has 1 aliphatic heterocycles. The summed E-state index contributed by atoms with van der Waals surface area (Å²) >= 11 is 0. The first kappa shape index (κ1) is 16.6. The lowest BCUT2D eigenvalue weighted by Crippen LogP contribution is -2.29. The quantitative estimate of drug-likeness (QED) is 0.873. The molecule has 0 atom stereocenters. The molecule has 3 heteroatoms. The molecule has 3 nitrogen and oxygen atoms in total. The Kier molecular flexibility index (Phi) is 4.97. The predicted molar refractivity (Wildman–Crippen MR) is 91.3 cm³/mol. The van der Waals surface area contributed by atoms with Crippen molar-refractivity contribution in [2.24, 2.45) is 0 Å². The van der Waals surface area contributed by atoms with Gasteiger partial charge in [0.15, 0.2) is 0 Å². The molecule has 1 aromatic rings. The summed E-state index contributed by atoms with van der Waals surface area (Å²) in [6.45, 7) is 10.9. The maximum Gasteiger partial charge on any atom is 0.131 e. The summed E-state index contributed by atoms with van der Waals surface area (Å²) in [4.78, 5) is 0. The Bertz CT molecular complexity index is 609. The van der Waals surface area contributed by atoms with E-state index in [-0.39, 0.29) is 12.2 Å². The van der Waals surface area contributed by atoms with Gasteiger partial charge < -0.3 is 14.6 Å². The van der Waals surface area contributed by atoms with Crippen LogP contribution >= 0.6 is 0 Å². The number of allylic oxidation sites excluding steroid dienone is 2. The van der Waals surface area contributed by atoms with Crippen molar-refractivity contribution in [3.63, 3.8) is 0 Å². The second kappa shape index (κ2) is 6.57. The average Bonchev–Trinajstić information content (AvgIpc) is 2.45. The van der Waals surface area contributed by atoms with E-state index in [4.69, 9.17) is 9.47 Å². The molecule has 0 unspecified atom stereocenters. The van der Waals surface area contributed by atoms with Gasteiger partial charge in [0.25, 0.3) is 0 Å². The van der Waals surface area contributed by atoms with Gasteiger partial charge in [0.1, 0.15) is 17.1 Å². The molecule has 0 spiro atoms. The first-order valence-electron chi connectivity index (χ1n) is 7.91. The highest BCUT2D eigenvalue weighted by Crippen LogP contribution is 2.42. The van der Waals surface area contributed by atoms with E-state index in [1.54, 1.807) is 6.08 Å². The van der Waals surface area contributed by atoms with Crippen molar-refractivity contribution in [2.45, 2.75) is 46.6 Å². The summed E-state index contributed by atoms with van der Waals surface area (Å²) in [5.74, 6) is 1.67. The standard InChI is InChI=1S/C19H26O3/c1-6-14-12-19(4,5)22-18-11-17(21-7-2)15(10-16(14)18)13(3)8-9-20/h8,10-12,20H,6-7,9H2,1-5H3/b13-8+. The Hall–Kier alpha value is -1.74. The van der Waals surface area contributed by atoms with Crippen molar-refractivity contribution in [2.75, 3.05) is 13.2 Å². The number of benzene rings is 1. The minimum atomic E-state index is -0.306. The average molecular weight is 302 g/mol. The van der Waals surface area contributed by atoms with Crippen LogP contribution in [0, 0.1) is 0 Å². The third-order valence-corrected chi connectivity index (χ3v) is 3.83. The van der Waals surface area contributed by atoms with E-state index in [0.29, 0.717) is 6.61 Å². The molecule has 0 bridgehead atoms. The molecule has 2 rings (SSSR count). The molecular weight excluding hydrogens is 276 g/mol. The lowest BCUT2D eigenvalue weighted by Gasteiger charge is -2.32. The molecule has 0 aromatic heterocycles. The molecule has 1 heterocycles. The van der Waals surface area contributed by atoms with Gasteiger partial charge in [-0.15, -0.1) is 0 Å². The van der Waals surface area contributed by atoms with Gasteiger partial charge in [0, 0.05) is 17.2 Å². The molecule has 120 valence electrons. The zero-order valence-corrected chi connectivity index (χ0v) is 14.2. The van der Waals surface area contributed by atoms with Crippen LogP contribution in [0.15, 0.2) is 24.3 Å². The maximum absolute atomic E-state index is 9.17. The molecule has 0 saturated heterocycles. The van der Waals surface area contributed by atoms with Gasteiger partial charge in [-0.25, -0.2) is 0 Å². The molecule has 0 radical (unpaired) electrons. The molecule has 22 heavy (non-hydrogen) atoms. The van der Waals surface area contributed by atoms with Crippen LogP contribution in [0.5, 0.6) is 11.5 Å². The largest absolute Gasteiger partial charge is 0.493 e. The normalized spacial score (nSPS) is 16.6. The van der Waals surface area contributed by atoms with Gasteiger partial charge >= 0.3 is 0 Å². The van der Waals surface area contributed by atoms with Gasteiger partial charge in [-0.3, -0.25) is 0 Å². The first-order valence-corrected chi connectivity index (χ1v) is 7.91. The molecule has 0 amide bonds. The predicted octanol–water partition coefficient (Wildman–Crippen LogP) is 4.45. The summed E-state index contributed by atoms with van der Waals surface area (Å²) in [6, 6.07) is 4.10. The molecular formula is C19H26O3. The number of fused-ring (bicyclic) bond motifs is 1. The second-order valence-electron chi connectivity index (χ2n) is 6.08. The van der Waals surface area contributed by atoms with Crippen LogP contribution < -0.4 is 9.47 Å². The molecule has 0 fully saturated rings. The van der Waals surface area contributed by atoms with Crippen molar-refractivity contribution < 1.29 is 14.6 Å². The van der Waals surface area contributed by atoms with Crippen LogP contribution in [0.1, 0.15) is 52.2 Å². The van der Waals surface area contributed by atoms with Crippen molar-refractivity contribution in [3.05, 3.63) is 35.4 Å². The van der Waals surface area contributed by atoms with E-state index in [2.05, 4.69) is 32.9 Å². The Labute approximate surface area is 133 Å². The van der Waals surface area contributed by atoms with E-state index in [1.807, 2.05) is 19.9 Å². The molecule has 0 saturated carbocycles. The minimum absolute atomic E-state index is 0.0223. The zero-order chi connectivity index (χ0) is 16.3. The third-order valence-electron chi connectivity index (χ3n) is 3.83. The number of hydrogen-bond donors (Lipinski definition) is 1. The fourth-order valence-corrected chi connectivity index (χ4v) is 2.83. The van der Waals surface area contributed by atoms with Crippen LogP contribution in [-0.2, 0) is 0 Å². The molecule has 0 aliphatic carbocycles. The number of ether oxygens (including phenoxy) is 2. The smallest absolute Gasteiger partial charge is 0.131 e. The van der Waals surface area contributed by atoms with Crippen molar-refractivity contribution >= 4 is 11.1 Å². The Morgan fingerprint density at radius 2 is 2.05 bits per heavy atom. The lowest BCUT2D eigenvalue weighted by molar-refractivity contribution is 0.157. The first-order chi connectivity index (χ1) is 10.4. The van der Waals surface area contributed by atoms with Gasteiger partial charge in [-0.05, 0) is 57.4 Å². The molecule has 1 aromatic carbocycles. The topological polar surface area (TPSA) is 38.7 Å². The number of aliphatic hydroxyl groups excluding tert-OH is 1. The van der Waals surface area contributed by atoms with Crippen molar-refractivity contribution in [1.82, 2.24) is 0 Å². The highest BCUT2D eigenvalue weighted by Gasteiger charge is 2.27.